The molecule has 3 heteroatoms. The van der Waals surface area contributed by atoms with Crippen molar-refractivity contribution in [2.75, 3.05) is 7.11 Å². The molecule has 3 nitrogen and oxygen atoms in total. The maximum Gasteiger partial charge on any atom is 0.140 e. The molecule has 1 heterocycles. The first-order chi connectivity index (χ1) is 7.63. The van der Waals surface area contributed by atoms with Gasteiger partial charge in [0.25, 0.3) is 0 Å². The first-order valence-corrected chi connectivity index (χ1v) is 5.28. The van der Waals surface area contributed by atoms with Crippen LogP contribution >= 0.6 is 0 Å². The molecule has 0 aliphatic rings. The number of imidazole rings is 1. The summed E-state index contributed by atoms with van der Waals surface area (Å²) in [5, 5.41) is 0. The Bertz CT molecular complexity index is 497. The predicted octanol–water partition coefficient (Wildman–Crippen LogP) is 2.71. The maximum absolute atomic E-state index is 5.14. The highest BCUT2D eigenvalue weighted by Crippen LogP contribution is 2.22. The molecular formula is C13H16N2O. The average Bonchev–Trinajstić information content (AvgIpc) is 2.57. The van der Waals surface area contributed by atoms with Crippen molar-refractivity contribution in [1.82, 2.24) is 9.55 Å². The van der Waals surface area contributed by atoms with Crippen LogP contribution in [0, 0.1) is 13.8 Å². The van der Waals surface area contributed by atoms with Gasteiger partial charge in [0.1, 0.15) is 11.6 Å². The summed E-state index contributed by atoms with van der Waals surface area (Å²) in [5.41, 5.74) is 3.39. The monoisotopic (exact) mass is 216 g/mol. The van der Waals surface area contributed by atoms with E-state index in [4.69, 9.17) is 4.74 Å². The Morgan fingerprint density at radius 3 is 2.19 bits per heavy atom. The van der Waals surface area contributed by atoms with Gasteiger partial charge in [-0.2, -0.15) is 0 Å². The first kappa shape index (κ1) is 10.7. The van der Waals surface area contributed by atoms with Crippen LogP contribution in [0.5, 0.6) is 5.75 Å². The van der Waals surface area contributed by atoms with E-state index in [1.165, 1.54) is 5.69 Å². The number of hydrogen-bond donors (Lipinski definition) is 0. The molecule has 1 aromatic carbocycles. The highest BCUT2D eigenvalue weighted by Gasteiger charge is 2.09. The molecule has 0 aliphatic heterocycles. The SMILES string of the molecule is COc1ccc(-c2nc(C)c(C)n2C)cc1. The largest absolute Gasteiger partial charge is 0.497 e. The van der Waals surface area contributed by atoms with Crippen LogP contribution in [0.15, 0.2) is 24.3 Å². The van der Waals surface area contributed by atoms with Crippen molar-refractivity contribution in [3.8, 4) is 17.1 Å². The molecule has 0 radical (unpaired) electrons. The van der Waals surface area contributed by atoms with Crippen molar-refractivity contribution >= 4 is 0 Å². The van der Waals surface area contributed by atoms with Gasteiger partial charge in [-0.15, -0.1) is 0 Å². The van der Waals surface area contributed by atoms with Crippen molar-refractivity contribution in [1.29, 1.82) is 0 Å². The standard InChI is InChI=1S/C13H16N2O/c1-9-10(2)15(3)13(14-9)11-5-7-12(16-4)8-6-11/h5-8H,1-4H3. The van der Waals surface area contributed by atoms with Gasteiger partial charge in [0.05, 0.1) is 12.8 Å². The third kappa shape index (κ3) is 1.69. The van der Waals surface area contributed by atoms with Gasteiger partial charge in [-0.1, -0.05) is 0 Å². The number of ether oxygens (including phenoxy) is 1. The zero-order chi connectivity index (χ0) is 11.7. The summed E-state index contributed by atoms with van der Waals surface area (Å²) in [4.78, 5) is 4.56. The van der Waals surface area contributed by atoms with Crippen molar-refractivity contribution in [3.05, 3.63) is 35.7 Å². The second-order valence-electron chi connectivity index (χ2n) is 3.89. The van der Waals surface area contributed by atoms with Crippen LogP contribution in [0.1, 0.15) is 11.4 Å². The minimum Gasteiger partial charge on any atom is -0.497 e. The number of nitrogens with zero attached hydrogens (tertiary/aromatic N) is 2. The molecule has 0 amide bonds. The molecule has 0 saturated heterocycles. The van der Waals surface area contributed by atoms with E-state index < -0.39 is 0 Å². The van der Waals surface area contributed by atoms with Gasteiger partial charge in [0.2, 0.25) is 0 Å². The van der Waals surface area contributed by atoms with Crippen LogP contribution in [0.25, 0.3) is 11.4 Å². The number of rotatable bonds is 2. The quantitative estimate of drug-likeness (QED) is 0.771. The molecule has 0 N–H and O–H groups in total. The average molecular weight is 216 g/mol. The van der Waals surface area contributed by atoms with E-state index in [1.807, 2.05) is 38.2 Å². The lowest BCUT2D eigenvalue weighted by atomic mass is 10.2. The van der Waals surface area contributed by atoms with Crippen molar-refractivity contribution < 1.29 is 4.74 Å². The number of methoxy groups -OCH3 is 1. The highest BCUT2D eigenvalue weighted by molar-refractivity contribution is 5.58. The number of benzene rings is 1. The van der Waals surface area contributed by atoms with Gasteiger partial charge < -0.3 is 9.30 Å². The lowest BCUT2D eigenvalue weighted by Gasteiger charge is -2.04. The fourth-order valence-electron chi connectivity index (χ4n) is 1.71. The van der Waals surface area contributed by atoms with Gasteiger partial charge >= 0.3 is 0 Å². The van der Waals surface area contributed by atoms with Gasteiger partial charge in [0, 0.05) is 18.3 Å². The zero-order valence-electron chi connectivity index (χ0n) is 10.1. The summed E-state index contributed by atoms with van der Waals surface area (Å²) < 4.78 is 7.25. The zero-order valence-corrected chi connectivity index (χ0v) is 10.1. The Hall–Kier alpha value is -1.77. The third-order valence-electron chi connectivity index (χ3n) is 2.97. The lowest BCUT2D eigenvalue weighted by molar-refractivity contribution is 0.415. The molecule has 0 spiro atoms. The number of hydrogen-bond acceptors (Lipinski definition) is 2. The third-order valence-corrected chi connectivity index (χ3v) is 2.97. The summed E-state index contributed by atoms with van der Waals surface area (Å²) in [6.07, 6.45) is 0. The molecule has 16 heavy (non-hydrogen) atoms. The Kier molecular flexibility index (Phi) is 2.69. The Labute approximate surface area is 95.7 Å². The van der Waals surface area contributed by atoms with Gasteiger partial charge in [-0.05, 0) is 38.1 Å². The van der Waals surface area contributed by atoms with E-state index in [0.717, 1.165) is 22.8 Å². The second kappa shape index (κ2) is 4.00. The predicted molar refractivity (Wildman–Crippen MR) is 64.7 cm³/mol. The van der Waals surface area contributed by atoms with Crippen LogP contribution in [0.2, 0.25) is 0 Å². The maximum atomic E-state index is 5.14. The number of aromatic nitrogens is 2. The Morgan fingerprint density at radius 2 is 1.75 bits per heavy atom. The summed E-state index contributed by atoms with van der Waals surface area (Å²) in [7, 11) is 3.71. The molecule has 0 aliphatic carbocycles. The summed E-state index contributed by atoms with van der Waals surface area (Å²) >= 11 is 0. The molecule has 0 atom stereocenters. The van der Waals surface area contributed by atoms with E-state index in [1.54, 1.807) is 7.11 Å². The summed E-state index contributed by atoms with van der Waals surface area (Å²) in [5.74, 6) is 1.86. The van der Waals surface area contributed by atoms with E-state index in [2.05, 4.69) is 16.5 Å². The smallest absolute Gasteiger partial charge is 0.140 e. The fourth-order valence-corrected chi connectivity index (χ4v) is 1.71. The molecule has 2 rings (SSSR count). The molecule has 2 aromatic rings. The molecule has 0 fully saturated rings. The van der Waals surface area contributed by atoms with Crippen molar-refractivity contribution in [2.24, 2.45) is 7.05 Å². The Morgan fingerprint density at radius 1 is 1.12 bits per heavy atom. The molecule has 1 aromatic heterocycles. The van der Waals surface area contributed by atoms with E-state index in [0.29, 0.717) is 0 Å². The van der Waals surface area contributed by atoms with E-state index in [-0.39, 0.29) is 0 Å². The minimum atomic E-state index is 0.867. The Balaban J connectivity index is 2.46. The van der Waals surface area contributed by atoms with E-state index >= 15 is 0 Å². The minimum absolute atomic E-state index is 0.867. The second-order valence-corrected chi connectivity index (χ2v) is 3.89. The molecule has 0 unspecified atom stereocenters. The van der Waals surface area contributed by atoms with Crippen LogP contribution in [0.3, 0.4) is 0 Å². The van der Waals surface area contributed by atoms with Crippen LogP contribution < -0.4 is 4.74 Å². The van der Waals surface area contributed by atoms with Gasteiger partial charge in [-0.25, -0.2) is 4.98 Å². The van der Waals surface area contributed by atoms with Gasteiger partial charge in [0.15, 0.2) is 0 Å². The summed E-state index contributed by atoms with van der Waals surface area (Å²) in [6.45, 7) is 4.11. The highest BCUT2D eigenvalue weighted by atomic mass is 16.5. The summed E-state index contributed by atoms with van der Waals surface area (Å²) in [6, 6.07) is 7.96. The molecule has 0 saturated carbocycles. The van der Waals surface area contributed by atoms with Crippen molar-refractivity contribution in [3.63, 3.8) is 0 Å². The topological polar surface area (TPSA) is 27.1 Å². The normalized spacial score (nSPS) is 10.5. The molecule has 84 valence electrons. The van der Waals surface area contributed by atoms with Crippen LogP contribution in [-0.2, 0) is 7.05 Å². The van der Waals surface area contributed by atoms with E-state index in [9.17, 15) is 0 Å². The van der Waals surface area contributed by atoms with Crippen LogP contribution in [0.4, 0.5) is 0 Å². The number of aryl methyl sites for hydroxylation is 1. The van der Waals surface area contributed by atoms with Gasteiger partial charge in [-0.3, -0.25) is 0 Å². The van der Waals surface area contributed by atoms with Crippen LogP contribution in [-0.4, -0.2) is 16.7 Å². The van der Waals surface area contributed by atoms with Crippen molar-refractivity contribution in [2.45, 2.75) is 13.8 Å². The first-order valence-electron chi connectivity index (χ1n) is 5.28. The lowest BCUT2D eigenvalue weighted by Crippen LogP contribution is -1.94. The fraction of sp³-hybridized carbons (Fsp3) is 0.308. The molecular weight excluding hydrogens is 200 g/mol. The molecule has 0 bridgehead atoms.